The van der Waals surface area contributed by atoms with Gasteiger partial charge in [-0.15, -0.1) is 11.8 Å². The lowest BCUT2D eigenvalue weighted by Gasteiger charge is -2.11. The highest BCUT2D eigenvalue weighted by Gasteiger charge is 2.42. The second-order valence-corrected chi connectivity index (χ2v) is 6.49. The molecule has 0 spiro atoms. The van der Waals surface area contributed by atoms with Gasteiger partial charge in [0.1, 0.15) is 0 Å². The number of hydrogen-bond acceptors (Lipinski definition) is 4. The molecule has 0 aliphatic heterocycles. The number of hydrogen-bond donors (Lipinski definition) is 1. The number of nitrogens with one attached hydrogen (secondary N) is 1. The predicted octanol–water partition coefficient (Wildman–Crippen LogP) is 3.21. The van der Waals surface area contributed by atoms with Crippen LogP contribution < -0.4 is 5.32 Å². The summed E-state index contributed by atoms with van der Waals surface area (Å²) in [6.45, 7) is 2.49. The fraction of sp³-hybridized carbons (Fsp3) is 0.562. The Kier molecular flexibility index (Phi) is 5.90. The summed E-state index contributed by atoms with van der Waals surface area (Å²) in [4.78, 5) is 1.31. The van der Waals surface area contributed by atoms with Gasteiger partial charge in [-0.1, -0.05) is 12.1 Å². The molecule has 108 valence electrons. The summed E-state index contributed by atoms with van der Waals surface area (Å²) in [5.74, 6) is 1.07. The molecular weight excluding hydrogens is 268 g/mol. The zero-order chi connectivity index (χ0) is 14.3. The fourth-order valence-corrected chi connectivity index (χ4v) is 3.38. The highest BCUT2D eigenvalue weighted by Crippen LogP contribution is 2.51. The van der Waals surface area contributed by atoms with Crippen LogP contribution in [0.1, 0.15) is 24.8 Å². The van der Waals surface area contributed by atoms with Crippen LogP contribution in [0.2, 0.25) is 0 Å². The molecule has 20 heavy (non-hydrogen) atoms. The summed E-state index contributed by atoms with van der Waals surface area (Å²) in [5, 5.41) is 12.2. The molecule has 4 heteroatoms. The van der Waals surface area contributed by atoms with Gasteiger partial charge in [-0.2, -0.15) is 5.26 Å². The van der Waals surface area contributed by atoms with E-state index >= 15 is 0 Å². The molecule has 1 saturated carbocycles. The average molecular weight is 290 g/mol. The zero-order valence-electron chi connectivity index (χ0n) is 12.0. The van der Waals surface area contributed by atoms with Crippen molar-refractivity contribution >= 4 is 11.8 Å². The Morgan fingerprint density at radius 2 is 2.30 bits per heavy atom. The van der Waals surface area contributed by atoms with Gasteiger partial charge in [0, 0.05) is 37.3 Å². The number of methoxy groups -OCH3 is 1. The van der Waals surface area contributed by atoms with E-state index in [1.54, 1.807) is 7.11 Å². The first-order chi connectivity index (χ1) is 9.78. The SMILES string of the molecule is COCCNCc1cccc(SCC2(CC#N)CC2)c1. The molecule has 0 atom stereocenters. The number of benzene rings is 1. The highest BCUT2D eigenvalue weighted by molar-refractivity contribution is 7.99. The van der Waals surface area contributed by atoms with Crippen molar-refractivity contribution in [2.75, 3.05) is 26.0 Å². The Morgan fingerprint density at radius 3 is 3.00 bits per heavy atom. The zero-order valence-corrected chi connectivity index (χ0v) is 12.8. The molecule has 1 aliphatic carbocycles. The minimum absolute atomic E-state index is 0.312. The lowest BCUT2D eigenvalue weighted by Crippen LogP contribution is -2.18. The smallest absolute Gasteiger partial charge is 0.0627 e. The van der Waals surface area contributed by atoms with Crippen LogP contribution in [0, 0.1) is 16.7 Å². The Bertz CT molecular complexity index is 466. The minimum atomic E-state index is 0.312. The van der Waals surface area contributed by atoms with E-state index < -0.39 is 0 Å². The fourth-order valence-electron chi connectivity index (χ4n) is 2.11. The predicted molar refractivity (Wildman–Crippen MR) is 82.6 cm³/mol. The van der Waals surface area contributed by atoms with Crippen LogP contribution in [-0.2, 0) is 11.3 Å². The molecule has 0 unspecified atom stereocenters. The van der Waals surface area contributed by atoms with Crippen molar-refractivity contribution in [2.24, 2.45) is 5.41 Å². The maximum atomic E-state index is 8.85. The third kappa shape index (κ3) is 4.82. The number of thioether (sulfide) groups is 1. The molecule has 1 aliphatic rings. The van der Waals surface area contributed by atoms with E-state index in [0.29, 0.717) is 11.8 Å². The lowest BCUT2D eigenvalue weighted by molar-refractivity contribution is 0.199. The van der Waals surface area contributed by atoms with Gasteiger partial charge in [0.2, 0.25) is 0 Å². The number of nitrogens with zero attached hydrogens (tertiary/aromatic N) is 1. The van der Waals surface area contributed by atoms with Crippen molar-refractivity contribution in [3.05, 3.63) is 29.8 Å². The highest BCUT2D eigenvalue weighted by atomic mass is 32.2. The van der Waals surface area contributed by atoms with Gasteiger partial charge in [0.05, 0.1) is 12.7 Å². The molecule has 0 aromatic heterocycles. The third-order valence-corrected chi connectivity index (χ3v) is 5.01. The maximum Gasteiger partial charge on any atom is 0.0627 e. The second kappa shape index (κ2) is 7.68. The van der Waals surface area contributed by atoms with Crippen LogP contribution in [-0.4, -0.2) is 26.0 Å². The quantitative estimate of drug-likeness (QED) is 0.560. The van der Waals surface area contributed by atoms with Crippen molar-refractivity contribution in [1.82, 2.24) is 5.32 Å². The summed E-state index contributed by atoms with van der Waals surface area (Å²) in [6.07, 6.45) is 3.13. The second-order valence-electron chi connectivity index (χ2n) is 5.44. The van der Waals surface area contributed by atoms with Crippen LogP contribution in [0.3, 0.4) is 0 Å². The van der Waals surface area contributed by atoms with E-state index in [2.05, 4.69) is 35.7 Å². The standard InChI is InChI=1S/C16H22N2OS/c1-19-10-9-18-12-14-3-2-4-15(11-14)20-13-16(5-6-16)7-8-17/h2-4,11,18H,5-7,9-10,12-13H2,1H3. The van der Waals surface area contributed by atoms with E-state index in [-0.39, 0.29) is 0 Å². The number of ether oxygens (including phenoxy) is 1. The molecule has 2 rings (SSSR count). The molecule has 3 nitrogen and oxygen atoms in total. The van der Waals surface area contributed by atoms with Gasteiger partial charge >= 0.3 is 0 Å². The van der Waals surface area contributed by atoms with Crippen molar-refractivity contribution < 1.29 is 4.74 Å². The largest absolute Gasteiger partial charge is 0.383 e. The van der Waals surface area contributed by atoms with Crippen molar-refractivity contribution in [3.63, 3.8) is 0 Å². The van der Waals surface area contributed by atoms with Crippen LogP contribution in [0.5, 0.6) is 0 Å². The molecule has 0 bridgehead atoms. The minimum Gasteiger partial charge on any atom is -0.383 e. The van der Waals surface area contributed by atoms with Gasteiger partial charge in [-0.3, -0.25) is 0 Å². The summed E-state index contributed by atoms with van der Waals surface area (Å²) >= 11 is 1.88. The van der Waals surface area contributed by atoms with Crippen molar-refractivity contribution in [2.45, 2.75) is 30.7 Å². The van der Waals surface area contributed by atoms with Crippen LogP contribution in [0.25, 0.3) is 0 Å². The molecule has 1 fully saturated rings. The van der Waals surface area contributed by atoms with Gasteiger partial charge in [0.15, 0.2) is 0 Å². The summed E-state index contributed by atoms with van der Waals surface area (Å²) in [5.41, 5.74) is 1.61. The van der Waals surface area contributed by atoms with Gasteiger partial charge in [-0.05, 0) is 36.0 Å². The van der Waals surface area contributed by atoms with E-state index in [0.717, 1.165) is 25.4 Å². The lowest BCUT2D eigenvalue weighted by atomic mass is 10.1. The van der Waals surface area contributed by atoms with E-state index in [1.807, 2.05) is 11.8 Å². The summed E-state index contributed by atoms with van der Waals surface area (Å²) in [6, 6.07) is 11.0. The number of rotatable bonds is 9. The van der Waals surface area contributed by atoms with E-state index in [1.165, 1.54) is 23.3 Å². The van der Waals surface area contributed by atoms with Crippen molar-refractivity contribution in [1.29, 1.82) is 5.26 Å². The third-order valence-electron chi connectivity index (χ3n) is 3.67. The molecule has 1 aromatic carbocycles. The normalized spacial score (nSPS) is 15.8. The van der Waals surface area contributed by atoms with Crippen LogP contribution in [0.15, 0.2) is 29.2 Å². The molecule has 0 heterocycles. The Balaban J connectivity index is 1.79. The van der Waals surface area contributed by atoms with Crippen molar-refractivity contribution in [3.8, 4) is 6.07 Å². The Hall–Kier alpha value is -1.02. The molecule has 0 radical (unpaired) electrons. The molecule has 1 N–H and O–H groups in total. The Morgan fingerprint density at radius 1 is 1.45 bits per heavy atom. The van der Waals surface area contributed by atoms with Gasteiger partial charge in [-0.25, -0.2) is 0 Å². The summed E-state index contributed by atoms with van der Waals surface area (Å²) < 4.78 is 5.02. The topological polar surface area (TPSA) is 45.0 Å². The Labute approximate surface area is 125 Å². The van der Waals surface area contributed by atoms with Crippen LogP contribution >= 0.6 is 11.8 Å². The average Bonchev–Trinajstić information content (AvgIpc) is 3.23. The first-order valence-corrected chi connectivity index (χ1v) is 8.05. The molecule has 0 amide bonds. The monoisotopic (exact) mass is 290 g/mol. The van der Waals surface area contributed by atoms with Gasteiger partial charge in [0.25, 0.3) is 0 Å². The number of nitriles is 1. The maximum absolute atomic E-state index is 8.85. The van der Waals surface area contributed by atoms with E-state index in [9.17, 15) is 0 Å². The first-order valence-electron chi connectivity index (χ1n) is 7.06. The van der Waals surface area contributed by atoms with Gasteiger partial charge < -0.3 is 10.1 Å². The first kappa shape index (κ1) is 15.4. The molecule has 0 saturated heterocycles. The molecule has 1 aromatic rings. The van der Waals surface area contributed by atoms with E-state index in [4.69, 9.17) is 10.00 Å². The molecular formula is C16H22N2OS. The summed E-state index contributed by atoms with van der Waals surface area (Å²) in [7, 11) is 1.72. The van der Waals surface area contributed by atoms with Crippen LogP contribution in [0.4, 0.5) is 0 Å².